The maximum Gasteiger partial charge on any atom is 0.459 e. The summed E-state index contributed by atoms with van der Waals surface area (Å²) in [5.74, 6) is 0.136. The van der Waals surface area contributed by atoms with E-state index in [-0.39, 0.29) is 24.4 Å². The molecule has 0 aliphatic carbocycles. The number of nitrogen functional groups attached to an aromatic ring is 1. The second kappa shape index (κ2) is 11.7. The van der Waals surface area contributed by atoms with Crippen LogP contribution in [0.4, 0.5) is 11.8 Å². The van der Waals surface area contributed by atoms with Crippen LogP contribution >= 0.6 is 7.75 Å². The van der Waals surface area contributed by atoms with Crippen molar-refractivity contribution in [2.45, 2.75) is 65.2 Å². The van der Waals surface area contributed by atoms with Gasteiger partial charge in [-0.25, -0.2) is 9.55 Å². The summed E-state index contributed by atoms with van der Waals surface area (Å²) in [4.78, 5) is 25.3. The van der Waals surface area contributed by atoms with Crippen molar-refractivity contribution >= 4 is 36.6 Å². The second-order valence-electron chi connectivity index (χ2n) is 10.3. The van der Waals surface area contributed by atoms with Crippen molar-refractivity contribution in [2.75, 3.05) is 24.7 Å². The third-order valence-corrected chi connectivity index (χ3v) is 8.06. The number of aromatic nitrogens is 4. The molecule has 1 aromatic carbocycles. The monoisotopic (exact) mass is 577 g/mol. The van der Waals surface area contributed by atoms with E-state index in [1.54, 1.807) is 55.8 Å². The molecule has 4 rings (SSSR count). The van der Waals surface area contributed by atoms with E-state index in [9.17, 15) is 14.5 Å². The van der Waals surface area contributed by atoms with Crippen LogP contribution < -0.4 is 20.7 Å². The van der Waals surface area contributed by atoms with Gasteiger partial charge in [0.05, 0.1) is 25.1 Å². The lowest BCUT2D eigenvalue weighted by Gasteiger charge is -2.29. The van der Waals surface area contributed by atoms with Gasteiger partial charge in [-0.15, -0.1) is 0 Å². The number of ether oxygens (including phenoxy) is 2. The third-order valence-electron chi connectivity index (χ3n) is 6.42. The summed E-state index contributed by atoms with van der Waals surface area (Å²) in [7, 11) is -2.46. The summed E-state index contributed by atoms with van der Waals surface area (Å²) < 4.78 is 38.4. The fourth-order valence-electron chi connectivity index (χ4n) is 4.38. The maximum absolute atomic E-state index is 13.8. The molecule has 0 saturated carbocycles. The fraction of sp³-hybridized carbons (Fsp3) is 0.520. The first-order valence-corrected chi connectivity index (χ1v) is 14.4. The Morgan fingerprint density at radius 1 is 1.25 bits per heavy atom. The van der Waals surface area contributed by atoms with Gasteiger partial charge in [-0.3, -0.25) is 13.9 Å². The summed E-state index contributed by atoms with van der Waals surface area (Å²) in [6.07, 6.45) is -1.53. The number of aliphatic hydroxyl groups is 1. The number of anilines is 2. The molecule has 0 radical (unpaired) electrons. The van der Waals surface area contributed by atoms with E-state index >= 15 is 0 Å². The Balaban J connectivity index is 1.56. The van der Waals surface area contributed by atoms with Gasteiger partial charge in [-0.2, -0.15) is 15.1 Å². The molecule has 218 valence electrons. The zero-order valence-corrected chi connectivity index (χ0v) is 24.2. The minimum absolute atomic E-state index is 0.0463. The molecule has 5 N–H and O–H groups in total. The Morgan fingerprint density at radius 3 is 2.60 bits per heavy atom. The average molecular weight is 578 g/mol. The third kappa shape index (κ3) is 6.21. The molecule has 40 heavy (non-hydrogen) atoms. The molecule has 0 amide bonds. The molecule has 5 atom stereocenters. The zero-order valence-electron chi connectivity index (χ0n) is 23.3. The topological polar surface area (TPSA) is 185 Å². The van der Waals surface area contributed by atoms with E-state index in [0.29, 0.717) is 17.0 Å². The fourth-order valence-corrected chi connectivity index (χ4v) is 5.88. The number of para-hydroxylation sites is 1. The molecule has 1 saturated heterocycles. The molecular formula is C25H36N7O7P. The summed E-state index contributed by atoms with van der Waals surface area (Å²) in [5.41, 5.74) is 5.94. The SMILES string of the molecule is CNc1nc(N)nc2c1ncn2[C@@H]1OC(CO[P@@](=O)(N[C@@H](C)C(=O)OC(C)C)Oc2ccccc2)[C@@H](O)C1(C)C. The van der Waals surface area contributed by atoms with E-state index < -0.39 is 43.6 Å². The molecule has 1 unspecified atom stereocenters. The van der Waals surface area contributed by atoms with Crippen molar-refractivity contribution < 1.29 is 33.0 Å². The van der Waals surface area contributed by atoms with Crippen LogP contribution in [-0.4, -0.2) is 68.6 Å². The first-order valence-electron chi connectivity index (χ1n) is 12.8. The highest BCUT2D eigenvalue weighted by molar-refractivity contribution is 7.52. The van der Waals surface area contributed by atoms with Crippen molar-refractivity contribution in [1.82, 2.24) is 24.6 Å². The van der Waals surface area contributed by atoms with Crippen LogP contribution in [0.3, 0.4) is 0 Å². The van der Waals surface area contributed by atoms with Gasteiger partial charge in [0.1, 0.15) is 24.1 Å². The molecular weight excluding hydrogens is 541 g/mol. The Bertz CT molecular complexity index is 1380. The minimum atomic E-state index is -4.16. The Hall–Kier alpha value is -3.29. The normalized spacial score (nSPS) is 22.6. The van der Waals surface area contributed by atoms with Gasteiger partial charge < -0.3 is 30.2 Å². The smallest absolute Gasteiger partial charge is 0.459 e. The molecule has 1 fully saturated rings. The van der Waals surface area contributed by atoms with E-state index in [1.807, 2.05) is 13.8 Å². The predicted molar refractivity (Wildman–Crippen MR) is 147 cm³/mol. The number of carbonyl (C=O) groups is 1. The van der Waals surface area contributed by atoms with Gasteiger partial charge in [0.25, 0.3) is 0 Å². The highest BCUT2D eigenvalue weighted by Gasteiger charge is 2.52. The lowest BCUT2D eigenvalue weighted by molar-refractivity contribution is -0.149. The minimum Gasteiger partial charge on any atom is -0.462 e. The Labute approximate surface area is 232 Å². The first-order chi connectivity index (χ1) is 18.8. The number of nitrogens with two attached hydrogens (primary N) is 1. The number of imidazole rings is 1. The maximum atomic E-state index is 13.8. The highest BCUT2D eigenvalue weighted by Crippen LogP contribution is 2.49. The lowest BCUT2D eigenvalue weighted by atomic mass is 9.84. The van der Waals surface area contributed by atoms with Crippen LogP contribution in [0.15, 0.2) is 36.7 Å². The molecule has 14 nitrogen and oxygen atoms in total. The van der Waals surface area contributed by atoms with Crippen LogP contribution in [0, 0.1) is 5.41 Å². The number of aliphatic hydroxyl groups excluding tert-OH is 1. The molecule has 3 heterocycles. The summed E-state index contributed by atoms with van der Waals surface area (Å²) in [5, 5.41) is 16.8. The van der Waals surface area contributed by atoms with Crippen molar-refractivity contribution in [3.8, 4) is 5.75 Å². The molecule has 0 spiro atoms. The van der Waals surface area contributed by atoms with Crippen LogP contribution in [0.5, 0.6) is 5.75 Å². The van der Waals surface area contributed by atoms with E-state index in [0.717, 1.165) is 0 Å². The number of esters is 1. The number of fused-ring (bicyclic) bond motifs is 1. The van der Waals surface area contributed by atoms with Crippen LogP contribution in [0.2, 0.25) is 0 Å². The predicted octanol–water partition coefficient (Wildman–Crippen LogP) is 2.87. The quantitative estimate of drug-likeness (QED) is 0.193. The zero-order chi connectivity index (χ0) is 29.2. The molecule has 15 heteroatoms. The van der Waals surface area contributed by atoms with E-state index in [1.165, 1.54) is 13.3 Å². The van der Waals surface area contributed by atoms with Crippen LogP contribution in [0.25, 0.3) is 11.2 Å². The lowest BCUT2D eigenvalue weighted by Crippen LogP contribution is -2.38. The summed E-state index contributed by atoms with van der Waals surface area (Å²) >= 11 is 0. The summed E-state index contributed by atoms with van der Waals surface area (Å²) in [6.45, 7) is 8.23. The van der Waals surface area contributed by atoms with Crippen molar-refractivity contribution in [3.05, 3.63) is 36.7 Å². The van der Waals surface area contributed by atoms with Gasteiger partial charge in [-0.1, -0.05) is 32.0 Å². The number of nitrogens with zero attached hydrogens (tertiary/aromatic N) is 4. The number of hydrogen-bond donors (Lipinski definition) is 4. The number of rotatable bonds is 11. The van der Waals surface area contributed by atoms with Gasteiger partial charge in [0.2, 0.25) is 5.95 Å². The Kier molecular flexibility index (Phi) is 8.66. The standard InChI is InChI=1S/C25H36N7O7P/c1-14(2)37-22(34)15(3)31-40(35,39-16-10-8-7-9-11-16)36-12-17-19(33)25(4,5)23(38-17)32-13-28-18-20(27-6)29-24(26)30-21(18)32/h7-11,13-15,17,19,23,33H,12H2,1-6H3,(H,31,35)(H3,26,27,29,30)/t15-,17?,19+,23+,40-/m0/s1. The largest absolute Gasteiger partial charge is 0.462 e. The average Bonchev–Trinajstić information content (AvgIpc) is 3.40. The molecule has 1 aliphatic heterocycles. The van der Waals surface area contributed by atoms with Crippen molar-refractivity contribution in [2.24, 2.45) is 5.41 Å². The van der Waals surface area contributed by atoms with Crippen LogP contribution in [0.1, 0.15) is 40.8 Å². The number of hydrogen-bond acceptors (Lipinski definition) is 12. The first kappa shape index (κ1) is 29.7. The van der Waals surface area contributed by atoms with Crippen molar-refractivity contribution in [1.29, 1.82) is 0 Å². The van der Waals surface area contributed by atoms with E-state index in [2.05, 4.69) is 25.4 Å². The van der Waals surface area contributed by atoms with Gasteiger partial charge >= 0.3 is 13.7 Å². The molecule has 2 aromatic heterocycles. The molecule has 1 aliphatic rings. The van der Waals surface area contributed by atoms with Gasteiger partial charge in [0, 0.05) is 12.5 Å². The van der Waals surface area contributed by atoms with Gasteiger partial charge in [-0.05, 0) is 32.9 Å². The summed E-state index contributed by atoms with van der Waals surface area (Å²) in [6, 6.07) is 7.38. The second-order valence-corrected chi connectivity index (χ2v) is 12.0. The highest BCUT2D eigenvalue weighted by atomic mass is 31.2. The molecule has 3 aromatic rings. The number of nitrogens with one attached hydrogen (secondary N) is 2. The number of benzene rings is 1. The molecule has 0 bridgehead atoms. The van der Waals surface area contributed by atoms with Crippen molar-refractivity contribution in [3.63, 3.8) is 0 Å². The van der Waals surface area contributed by atoms with E-state index in [4.69, 9.17) is 24.3 Å². The Morgan fingerprint density at radius 2 is 1.95 bits per heavy atom. The van der Waals surface area contributed by atoms with Gasteiger partial charge in [0.15, 0.2) is 17.0 Å². The number of carbonyl (C=O) groups excluding carboxylic acids is 1. The van der Waals surface area contributed by atoms with Crippen LogP contribution in [-0.2, 0) is 23.4 Å².